The lowest BCUT2D eigenvalue weighted by atomic mass is 9.37. The first kappa shape index (κ1) is 35.3. The lowest BCUT2D eigenvalue weighted by molar-refractivity contribution is -0.330. The monoisotopic (exact) mass is 684 g/mol. The fourth-order valence-corrected chi connectivity index (χ4v) is 9.79. The van der Waals surface area contributed by atoms with Crippen LogP contribution in [0.25, 0.3) is 0 Å². The highest BCUT2D eigenvalue weighted by molar-refractivity contribution is 5.89. The SMILES string of the molecule is COC(=O)[C@@]12OC[C@]34C(C(O)C1O)[C@]1(C)C(C[C@H]3OC(=O)[C@H](OC(=O)C=C(C)C)[C@H]42)C(C)=C[C@H](O[C@@H]2O[C@H](CO)[C@@H](O)[C@H](O)[C@H]2O)[C@H]1O. The van der Waals surface area contributed by atoms with Gasteiger partial charge in [0, 0.05) is 22.8 Å². The van der Waals surface area contributed by atoms with Gasteiger partial charge in [0.1, 0.15) is 42.7 Å². The van der Waals surface area contributed by atoms with Crippen LogP contribution in [0, 0.1) is 28.6 Å². The summed E-state index contributed by atoms with van der Waals surface area (Å²) in [5, 5.41) is 77.0. The summed E-state index contributed by atoms with van der Waals surface area (Å²) in [5.41, 5.74) is -4.10. The Kier molecular flexibility index (Phi) is 8.88. The van der Waals surface area contributed by atoms with Crippen LogP contribution in [0.15, 0.2) is 23.3 Å². The van der Waals surface area contributed by atoms with Crippen LogP contribution in [0.5, 0.6) is 0 Å². The molecule has 2 bridgehead atoms. The van der Waals surface area contributed by atoms with Crippen LogP contribution in [-0.4, -0.2) is 147 Å². The van der Waals surface area contributed by atoms with Gasteiger partial charge in [0.05, 0.1) is 38.4 Å². The smallest absolute Gasteiger partial charge is 0.348 e. The molecule has 0 aromatic rings. The second-order valence-corrected chi connectivity index (χ2v) is 14.4. The largest absolute Gasteiger partial charge is 0.467 e. The average Bonchev–Trinajstić information content (AvgIpc) is 3.34. The summed E-state index contributed by atoms with van der Waals surface area (Å²) in [4.78, 5) is 40.2. The van der Waals surface area contributed by atoms with Crippen LogP contribution in [0.2, 0.25) is 0 Å². The van der Waals surface area contributed by atoms with Gasteiger partial charge in [-0.2, -0.15) is 0 Å². The molecular formula is C32H44O16. The van der Waals surface area contributed by atoms with Crippen molar-refractivity contribution in [3.63, 3.8) is 0 Å². The Morgan fingerprint density at radius 1 is 1.02 bits per heavy atom. The van der Waals surface area contributed by atoms with E-state index in [4.69, 9.17) is 28.4 Å². The van der Waals surface area contributed by atoms with Crippen molar-refractivity contribution in [1.82, 2.24) is 0 Å². The summed E-state index contributed by atoms with van der Waals surface area (Å²) in [5.74, 6) is -6.18. The number of fused-ring (bicyclic) bond motifs is 2. The van der Waals surface area contributed by atoms with Crippen LogP contribution in [0.4, 0.5) is 0 Å². The number of aliphatic hydroxyl groups excluding tert-OH is 7. The van der Waals surface area contributed by atoms with E-state index in [1.807, 2.05) is 0 Å². The lowest BCUT2D eigenvalue weighted by Gasteiger charge is -2.68. The predicted molar refractivity (Wildman–Crippen MR) is 156 cm³/mol. The predicted octanol–water partition coefficient (Wildman–Crippen LogP) is -2.78. The minimum atomic E-state index is -2.35. The summed E-state index contributed by atoms with van der Waals surface area (Å²) in [6, 6.07) is 0. The van der Waals surface area contributed by atoms with Gasteiger partial charge in [-0.25, -0.2) is 14.4 Å². The molecule has 5 fully saturated rings. The molecule has 7 N–H and O–H groups in total. The van der Waals surface area contributed by atoms with E-state index in [1.54, 1.807) is 33.8 Å². The van der Waals surface area contributed by atoms with Crippen molar-refractivity contribution >= 4 is 17.9 Å². The van der Waals surface area contributed by atoms with Gasteiger partial charge < -0.3 is 64.2 Å². The molecule has 0 aromatic heterocycles. The summed E-state index contributed by atoms with van der Waals surface area (Å²) >= 11 is 0. The van der Waals surface area contributed by atoms with Crippen LogP contribution in [-0.2, 0) is 42.8 Å². The van der Waals surface area contributed by atoms with Crippen molar-refractivity contribution in [2.45, 2.75) is 107 Å². The molecule has 6 rings (SSSR count). The zero-order valence-corrected chi connectivity index (χ0v) is 27.2. The van der Waals surface area contributed by atoms with Gasteiger partial charge in [0.15, 0.2) is 6.29 Å². The lowest BCUT2D eigenvalue weighted by Crippen LogP contribution is -2.80. The highest BCUT2D eigenvalue weighted by Gasteiger charge is 2.85. The van der Waals surface area contributed by atoms with Gasteiger partial charge in [0.2, 0.25) is 11.7 Å². The summed E-state index contributed by atoms with van der Waals surface area (Å²) in [7, 11) is 1.05. The Balaban J connectivity index is 1.46. The summed E-state index contributed by atoms with van der Waals surface area (Å²) in [6.45, 7) is 5.62. The molecule has 48 heavy (non-hydrogen) atoms. The van der Waals surface area contributed by atoms with Crippen molar-refractivity contribution < 1.29 is 78.6 Å². The Hall–Kier alpha value is -2.51. The van der Waals surface area contributed by atoms with Gasteiger partial charge in [-0.3, -0.25) is 0 Å². The molecule has 3 aliphatic heterocycles. The Morgan fingerprint density at radius 3 is 2.33 bits per heavy atom. The Bertz CT molecular complexity index is 1390. The minimum absolute atomic E-state index is 0.0828. The van der Waals surface area contributed by atoms with Gasteiger partial charge in [-0.1, -0.05) is 24.1 Å². The molecule has 0 radical (unpaired) electrons. The Morgan fingerprint density at radius 2 is 1.71 bits per heavy atom. The van der Waals surface area contributed by atoms with Gasteiger partial charge in [0.25, 0.3) is 0 Å². The number of ether oxygens (including phenoxy) is 6. The third kappa shape index (κ3) is 4.61. The number of hydrogen-bond acceptors (Lipinski definition) is 16. The fraction of sp³-hybridized carbons (Fsp3) is 0.781. The molecule has 0 amide bonds. The van der Waals surface area contributed by atoms with Crippen molar-refractivity contribution in [2.75, 3.05) is 20.3 Å². The first-order valence-corrected chi connectivity index (χ1v) is 16.0. The third-order valence-corrected chi connectivity index (χ3v) is 11.8. The maximum Gasteiger partial charge on any atom is 0.348 e. The molecule has 3 aliphatic carbocycles. The van der Waals surface area contributed by atoms with Crippen molar-refractivity contribution in [3.8, 4) is 0 Å². The van der Waals surface area contributed by atoms with Crippen LogP contribution in [0.1, 0.15) is 34.1 Å². The van der Waals surface area contributed by atoms with E-state index in [2.05, 4.69) is 0 Å². The normalized spacial score (nSPS) is 50.7. The number of hydrogen-bond donors (Lipinski definition) is 7. The molecule has 2 saturated carbocycles. The first-order valence-electron chi connectivity index (χ1n) is 16.0. The molecule has 3 heterocycles. The van der Waals surface area contributed by atoms with Gasteiger partial charge in [-0.05, 0) is 33.1 Å². The first-order chi connectivity index (χ1) is 22.5. The molecule has 17 atom stereocenters. The molecule has 16 heteroatoms. The quantitative estimate of drug-likeness (QED) is 0.0647. The number of carbonyl (C=O) groups excluding carboxylic acids is 3. The number of methoxy groups -OCH3 is 1. The standard InChI is InChI=1S/C32H44O16/c1-11(2)6-17(34)48-22-24-31-10-44-32(24,29(42)43-5)26(40)21(38)23(31)30(4)13(8-16(31)47-27(22)41)12(3)7-14(25(30)39)45-28-20(37)19(36)18(35)15(9-33)46-28/h6-7,13-16,18-26,28,33,35-40H,8-10H2,1-5H3/t13?,14-,15+,16+,18+,19-,20+,21?,22+,23?,24+,25+,26?,28+,30-,31+,32-/m0/s1. The van der Waals surface area contributed by atoms with E-state index in [0.29, 0.717) is 11.1 Å². The number of esters is 3. The van der Waals surface area contributed by atoms with E-state index in [1.165, 1.54) is 0 Å². The fourth-order valence-electron chi connectivity index (χ4n) is 9.79. The molecule has 4 unspecified atom stereocenters. The van der Waals surface area contributed by atoms with Crippen LogP contribution >= 0.6 is 0 Å². The molecule has 16 nitrogen and oxygen atoms in total. The number of allylic oxidation sites excluding steroid dienone is 2. The van der Waals surface area contributed by atoms with Gasteiger partial charge in [-0.15, -0.1) is 0 Å². The van der Waals surface area contributed by atoms with Crippen LogP contribution < -0.4 is 0 Å². The number of carbonyl (C=O) groups is 3. The molecule has 6 aliphatic rings. The van der Waals surface area contributed by atoms with E-state index in [0.717, 1.165) is 13.2 Å². The van der Waals surface area contributed by atoms with Crippen LogP contribution in [0.3, 0.4) is 0 Å². The summed E-state index contributed by atoms with van der Waals surface area (Å²) in [6.07, 6.45) is -14.6. The van der Waals surface area contributed by atoms with Crippen molar-refractivity contribution in [3.05, 3.63) is 23.3 Å². The summed E-state index contributed by atoms with van der Waals surface area (Å²) < 4.78 is 34.3. The van der Waals surface area contributed by atoms with E-state index >= 15 is 0 Å². The van der Waals surface area contributed by atoms with E-state index < -0.39 is 126 Å². The maximum absolute atomic E-state index is 13.7. The van der Waals surface area contributed by atoms with Crippen molar-refractivity contribution in [1.29, 1.82) is 0 Å². The average molecular weight is 685 g/mol. The zero-order chi connectivity index (χ0) is 35.2. The number of aliphatic hydroxyl groups is 7. The number of rotatable bonds is 6. The van der Waals surface area contributed by atoms with E-state index in [9.17, 15) is 50.1 Å². The van der Waals surface area contributed by atoms with Gasteiger partial charge >= 0.3 is 17.9 Å². The molecule has 268 valence electrons. The highest BCUT2D eigenvalue weighted by Crippen LogP contribution is 2.73. The minimum Gasteiger partial charge on any atom is -0.467 e. The zero-order valence-electron chi connectivity index (χ0n) is 27.2. The third-order valence-electron chi connectivity index (χ3n) is 11.8. The second kappa shape index (κ2) is 12.1. The topological polar surface area (TPSA) is 248 Å². The molecular weight excluding hydrogens is 640 g/mol. The molecule has 0 aromatic carbocycles. The second-order valence-electron chi connectivity index (χ2n) is 14.4. The van der Waals surface area contributed by atoms with E-state index in [-0.39, 0.29) is 13.0 Å². The highest BCUT2D eigenvalue weighted by atomic mass is 16.7. The molecule has 3 saturated heterocycles. The van der Waals surface area contributed by atoms with Crippen molar-refractivity contribution in [2.24, 2.45) is 28.6 Å². The maximum atomic E-state index is 13.7. The Labute approximate surface area is 275 Å². The molecule has 1 spiro atoms.